The van der Waals surface area contributed by atoms with Crippen LogP contribution in [0.5, 0.6) is 0 Å². The highest BCUT2D eigenvalue weighted by Crippen LogP contribution is 2.41. The summed E-state index contributed by atoms with van der Waals surface area (Å²) in [5, 5.41) is 0. The van der Waals surface area contributed by atoms with Crippen molar-refractivity contribution in [3.8, 4) is 11.1 Å². The highest BCUT2D eigenvalue weighted by molar-refractivity contribution is 5.79. The van der Waals surface area contributed by atoms with E-state index in [0.717, 1.165) is 12.8 Å². The molecule has 0 aromatic heterocycles. The van der Waals surface area contributed by atoms with Gasteiger partial charge in [0.2, 0.25) is 0 Å². The van der Waals surface area contributed by atoms with Crippen molar-refractivity contribution in [3.05, 3.63) is 70.0 Å². The molecule has 1 unspecified atom stereocenters. The van der Waals surface area contributed by atoms with Crippen molar-refractivity contribution in [2.45, 2.75) is 73.1 Å². The molecule has 29 heavy (non-hydrogen) atoms. The van der Waals surface area contributed by atoms with Gasteiger partial charge in [-0.25, -0.2) is 0 Å². The Labute approximate surface area is 179 Å². The van der Waals surface area contributed by atoms with Crippen LogP contribution < -0.4 is 4.90 Å². The molecule has 0 bridgehead atoms. The van der Waals surface area contributed by atoms with Gasteiger partial charge in [0.05, 0.1) is 0 Å². The lowest BCUT2D eigenvalue weighted by Crippen LogP contribution is -2.14. The van der Waals surface area contributed by atoms with Crippen LogP contribution in [0.2, 0.25) is 0 Å². The van der Waals surface area contributed by atoms with Crippen LogP contribution in [0.4, 0.5) is 5.69 Å². The Morgan fingerprint density at radius 3 is 2.34 bits per heavy atom. The van der Waals surface area contributed by atoms with E-state index in [1.807, 2.05) is 0 Å². The summed E-state index contributed by atoms with van der Waals surface area (Å²) in [6.07, 6.45) is 4.74. The van der Waals surface area contributed by atoms with Gasteiger partial charge in [-0.1, -0.05) is 52.0 Å². The maximum Gasteiger partial charge on any atom is 0.0396 e. The summed E-state index contributed by atoms with van der Waals surface area (Å²) < 4.78 is 0. The minimum Gasteiger partial charge on any atom is -0.377 e. The average molecular weight is 390 g/mol. The number of benzene rings is 2. The van der Waals surface area contributed by atoms with Gasteiger partial charge in [0.1, 0.15) is 0 Å². The molecule has 0 radical (unpaired) electrons. The number of hydrogen-bond acceptors (Lipinski definition) is 1. The maximum atomic E-state index is 3.92. The summed E-state index contributed by atoms with van der Waals surface area (Å²) in [6, 6.07) is 9.47. The second-order valence-electron chi connectivity index (χ2n) is 8.54. The van der Waals surface area contributed by atoms with Crippen molar-refractivity contribution in [1.29, 1.82) is 0 Å². The standard InChI is InChI=1S/C28H39N/c1-10-13-14-24-18-25(16-15-23(24)12-3)27-20(5)17-26(29(8)9)22(7)28(27)21(6)19(4)11-2/h15-18,21H,2,10,12-14H2,1,3-9H3. The maximum absolute atomic E-state index is 3.92. The summed E-state index contributed by atoms with van der Waals surface area (Å²) >= 11 is 0. The van der Waals surface area contributed by atoms with Crippen LogP contribution in [0.25, 0.3) is 11.1 Å². The van der Waals surface area contributed by atoms with Gasteiger partial charge in [-0.3, -0.25) is 0 Å². The van der Waals surface area contributed by atoms with E-state index in [2.05, 4.69) is 97.1 Å². The molecule has 0 spiro atoms. The fraction of sp³-hybridized carbons (Fsp3) is 0.464. The number of allylic oxidation sites excluding steroid dienone is 1. The first-order chi connectivity index (χ1) is 13.8. The molecule has 1 atom stereocenters. The molecule has 1 nitrogen and oxygen atoms in total. The molecule has 0 aliphatic rings. The highest BCUT2D eigenvalue weighted by atomic mass is 15.1. The van der Waals surface area contributed by atoms with Gasteiger partial charge in [0, 0.05) is 25.7 Å². The van der Waals surface area contributed by atoms with E-state index in [1.54, 1.807) is 0 Å². The number of hydrogen-bond donors (Lipinski definition) is 0. The van der Waals surface area contributed by atoms with E-state index in [1.165, 1.54) is 63.0 Å². The van der Waals surface area contributed by atoms with Crippen LogP contribution in [0.1, 0.15) is 74.3 Å². The second kappa shape index (κ2) is 9.99. The number of anilines is 1. The summed E-state index contributed by atoms with van der Waals surface area (Å²) in [7, 11) is 4.26. The molecular formula is C28H39N. The molecule has 0 heterocycles. The van der Waals surface area contributed by atoms with Gasteiger partial charge in [0.15, 0.2) is 0 Å². The van der Waals surface area contributed by atoms with Gasteiger partial charge in [-0.05, 0) is 90.6 Å². The van der Waals surface area contributed by atoms with E-state index in [-0.39, 0.29) is 5.92 Å². The number of aryl methyl sites for hydroxylation is 3. The molecule has 1 heteroatoms. The Morgan fingerprint density at radius 2 is 1.79 bits per heavy atom. The van der Waals surface area contributed by atoms with E-state index in [9.17, 15) is 0 Å². The van der Waals surface area contributed by atoms with Crippen LogP contribution in [0.15, 0.2) is 42.1 Å². The SMILES string of the molecule is C=C=C(C)C(C)c1c(C)c(N(C)C)cc(C)c1-c1ccc(CC)c(CCCC)c1. The average Bonchev–Trinajstić information content (AvgIpc) is 2.71. The third kappa shape index (κ3) is 4.85. The van der Waals surface area contributed by atoms with Crippen LogP contribution in [0.3, 0.4) is 0 Å². The van der Waals surface area contributed by atoms with Crippen molar-refractivity contribution in [3.63, 3.8) is 0 Å². The molecule has 0 fully saturated rings. The van der Waals surface area contributed by atoms with Gasteiger partial charge in [0.25, 0.3) is 0 Å². The van der Waals surface area contributed by atoms with Gasteiger partial charge in [-0.2, -0.15) is 0 Å². The predicted octanol–water partition coefficient (Wildman–Crippen LogP) is 7.78. The Bertz CT molecular complexity index is 910. The molecule has 0 saturated heterocycles. The summed E-state index contributed by atoms with van der Waals surface area (Å²) in [4.78, 5) is 2.22. The monoisotopic (exact) mass is 389 g/mol. The third-order valence-electron chi connectivity index (χ3n) is 6.32. The molecule has 0 N–H and O–H groups in total. The number of rotatable bonds is 8. The van der Waals surface area contributed by atoms with Crippen LogP contribution in [-0.4, -0.2) is 14.1 Å². The van der Waals surface area contributed by atoms with Gasteiger partial charge < -0.3 is 4.90 Å². The first-order valence-corrected chi connectivity index (χ1v) is 11.1. The van der Waals surface area contributed by atoms with Crippen molar-refractivity contribution in [1.82, 2.24) is 0 Å². The van der Waals surface area contributed by atoms with E-state index >= 15 is 0 Å². The topological polar surface area (TPSA) is 3.24 Å². The summed E-state index contributed by atoms with van der Waals surface area (Å²) in [5.41, 5.74) is 15.5. The lowest BCUT2D eigenvalue weighted by Gasteiger charge is -2.27. The molecule has 0 amide bonds. The minimum absolute atomic E-state index is 0.283. The summed E-state index contributed by atoms with van der Waals surface area (Å²) in [5.74, 6) is 0.283. The zero-order valence-electron chi connectivity index (χ0n) is 19.9. The van der Waals surface area contributed by atoms with Crippen LogP contribution in [-0.2, 0) is 12.8 Å². The molecule has 2 aromatic carbocycles. The molecule has 0 saturated carbocycles. The minimum atomic E-state index is 0.283. The van der Waals surface area contributed by atoms with Crippen LogP contribution in [0, 0.1) is 13.8 Å². The number of nitrogens with zero attached hydrogens (tertiary/aromatic N) is 1. The van der Waals surface area contributed by atoms with Crippen molar-refractivity contribution >= 4 is 5.69 Å². The van der Waals surface area contributed by atoms with Gasteiger partial charge >= 0.3 is 0 Å². The van der Waals surface area contributed by atoms with Crippen LogP contribution >= 0.6 is 0 Å². The summed E-state index contributed by atoms with van der Waals surface area (Å²) in [6.45, 7) is 17.4. The molecule has 2 rings (SSSR count). The van der Waals surface area contributed by atoms with E-state index in [0.29, 0.717) is 0 Å². The first-order valence-electron chi connectivity index (χ1n) is 11.1. The fourth-order valence-electron chi connectivity index (χ4n) is 4.41. The Balaban J connectivity index is 2.81. The smallest absolute Gasteiger partial charge is 0.0396 e. The van der Waals surface area contributed by atoms with E-state index < -0.39 is 0 Å². The normalized spacial score (nSPS) is 11.9. The fourth-order valence-corrected chi connectivity index (χ4v) is 4.41. The zero-order chi connectivity index (χ0) is 21.7. The van der Waals surface area contributed by atoms with Crippen molar-refractivity contribution < 1.29 is 0 Å². The molecule has 0 aliphatic carbocycles. The molecular weight excluding hydrogens is 350 g/mol. The lowest BCUT2D eigenvalue weighted by atomic mass is 9.81. The number of unbranched alkanes of at least 4 members (excludes halogenated alkanes) is 1. The Kier molecular flexibility index (Phi) is 7.94. The Hall–Kier alpha value is -2.24. The largest absolute Gasteiger partial charge is 0.377 e. The highest BCUT2D eigenvalue weighted by Gasteiger charge is 2.22. The quantitative estimate of drug-likeness (QED) is 0.417. The third-order valence-corrected chi connectivity index (χ3v) is 6.32. The Morgan fingerprint density at radius 1 is 1.10 bits per heavy atom. The van der Waals surface area contributed by atoms with Crippen molar-refractivity contribution in [2.24, 2.45) is 0 Å². The molecule has 0 aliphatic heterocycles. The first kappa shape index (κ1) is 23.0. The predicted molar refractivity (Wildman–Crippen MR) is 130 cm³/mol. The lowest BCUT2D eigenvalue weighted by molar-refractivity contribution is 0.787. The van der Waals surface area contributed by atoms with E-state index in [4.69, 9.17) is 0 Å². The second-order valence-corrected chi connectivity index (χ2v) is 8.54. The van der Waals surface area contributed by atoms with Crippen molar-refractivity contribution in [2.75, 3.05) is 19.0 Å². The zero-order valence-corrected chi connectivity index (χ0v) is 19.9. The molecule has 2 aromatic rings. The van der Waals surface area contributed by atoms with Gasteiger partial charge in [-0.15, -0.1) is 5.73 Å². The molecule has 156 valence electrons.